The molecule has 1 saturated heterocycles. The number of nitrogens with one attached hydrogen (secondary N) is 1. The normalized spacial score (nSPS) is 17.3. The Balaban J connectivity index is 1.93. The van der Waals surface area contributed by atoms with Gasteiger partial charge in [-0.3, -0.25) is 9.69 Å². The second-order valence-electron chi connectivity index (χ2n) is 6.88. The van der Waals surface area contributed by atoms with Gasteiger partial charge in [-0.2, -0.15) is 15.0 Å². The smallest absolute Gasteiger partial charge is 0.229 e. The van der Waals surface area contributed by atoms with Crippen LogP contribution in [-0.2, 0) is 4.79 Å². The van der Waals surface area contributed by atoms with Gasteiger partial charge in [0.2, 0.25) is 17.8 Å². The molecule has 1 fully saturated rings. The molecule has 1 aromatic heterocycles. The van der Waals surface area contributed by atoms with Crippen LogP contribution in [0.3, 0.4) is 0 Å². The fraction of sp³-hybridized carbons (Fsp3) is 0.765. The first-order chi connectivity index (χ1) is 11.9. The Morgan fingerprint density at radius 1 is 1.32 bits per heavy atom. The Morgan fingerprint density at radius 2 is 2.00 bits per heavy atom. The Labute approximate surface area is 150 Å². The molecule has 1 aliphatic heterocycles. The van der Waals surface area contributed by atoms with E-state index in [4.69, 9.17) is 5.73 Å². The summed E-state index contributed by atoms with van der Waals surface area (Å²) in [6.07, 6.45) is 3.86. The molecule has 1 atom stereocenters. The number of amides is 1. The van der Waals surface area contributed by atoms with Crippen LogP contribution in [0.4, 0.5) is 11.9 Å². The second kappa shape index (κ2) is 8.94. The van der Waals surface area contributed by atoms with Gasteiger partial charge in [-0.15, -0.1) is 0 Å². The first-order valence-electron chi connectivity index (χ1n) is 9.12. The Kier molecular flexibility index (Phi) is 6.92. The fourth-order valence-electron chi connectivity index (χ4n) is 3.03. The van der Waals surface area contributed by atoms with Gasteiger partial charge in [-0.05, 0) is 39.3 Å². The predicted octanol–water partition coefficient (Wildman–Crippen LogP) is 1.21. The van der Waals surface area contributed by atoms with Gasteiger partial charge >= 0.3 is 0 Å². The first-order valence-corrected chi connectivity index (χ1v) is 9.12. The summed E-state index contributed by atoms with van der Waals surface area (Å²) in [6, 6.07) is 0.0492. The minimum absolute atomic E-state index is 0.0492. The van der Waals surface area contributed by atoms with E-state index in [-0.39, 0.29) is 23.8 Å². The molecule has 0 radical (unpaired) electrons. The molecule has 2 rings (SSSR count). The number of carbonyl (C=O) groups is 1. The van der Waals surface area contributed by atoms with Crippen molar-refractivity contribution in [2.24, 2.45) is 5.92 Å². The van der Waals surface area contributed by atoms with Gasteiger partial charge in [-0.1, -0.05) is 13.3 Å². The van der Waals surface area contributed by atoms with Crippen molar-refractivity contribution in [2.45, 2.75) is 45.6 Å². The third kappa shape index (κ3) is 5.26. The summed E-state index contributed by atoms with van der Waals surface area (Å²) >= 11 is 0. The SMILES string of the molecule is CCCCNC(=O)C1CCN([C@H](C)c2nc(N)nc(N(C)C)n2)CC1. The monoisotopic (exact) mass is 349 g/mol. The lowest BCUT2D eigenvalue weighted by Gasteiger charge is -2.34. The molecule has 3 N–H and O–H groups in total. The summed E-state index contributed by atoms with van der Waals surface area (Å²) in [4.78, 5) is 29.3. The van der Waals surface area contributed by atoms with Gasteiger partial charge in [0.25, 0.3) is 0 Å². The number of rotatable bonds is 7. The minimum Gasteiger partial charge on any atom is -0.368 e. The molecule has 0 spiro atoms. The van der Waals surface area contributed by atoms with Crippen LogP contribution in [0.25, 0.3) is 0 Å². The topological polar surface area (TPSA) is 100 Å². The van der Waals surface area contributed by atoms with Gasteiger partial charge < -0.3 is 16.0 Å². The van der Waals surface area contributed by atoms with Crippen molar-refractivity contribution < 1.29 is 4.79 Å². The molecule has 2 heterocycles. The zero-order valence-electron chi connectivity index (χ0n) is 15.8. The number of nitrogen functional groups attached to an aromatic ring is 1. The highest BCUT2D eigenvalue weighted by atomic mass is 16.1. The quantitative estimate of drug-likeness (QED) is 0.714. The van der Waals surface area contributed by atoms with Crippen molar-refractivity contribution in [1.29, 1.82) is 0 Å². The molecule has 0 unspecified atom stereocenters. The van der Waals surface area contributed by atoms with Crippen LogP contribution in [0, 0.1) is 5.92 Å². The number of nitrogens with two attached hydrogens (primary N) is 1. The lowest BCUT2D eigenvalue weighted by Crippen LogP contribution is -2.42. The molecule has 1 aliphatic rings. The largest absolute Gasteiger partial charge is 0.368 e. The van der Waals surface area contributed by atoms with E-state index in [0.717, 1.165) is 45.3 Å². The molecular weight excluding hydrogens is 318 g/mol. The molecule has 8 nitrogen and oxygen atoms in total. The van der Waals surface area contributed by atoms with E-state index in [1.807, 2.05) is 19.0 Å². The predicted molar refractivity (Wildman–Crippen MR) is 99.2 cm³/mol. The number of piperidine rings is 1. The van der Waals surface area contributed by atoms with Crippen LogP contribution >= 0.6 is 0 Å². The zero-order valence-corrected chi connectivity index (χ0v) is 15.8. The Morgan fingerprint density at radius 3 is 2.60 bits per heavy atom. The summed E-state index contributed by atoms with van der Waals surface area (Å²) in [5.74, 6) is 1.80. The third-order valence-electron chi connectivity index (χ3n) is 4.71. The number of carbonyl (C=O) groups excluding carboxylic acids is 1. The van der Waals surface area contributed by atoms with E-state index in [9.17, 15) is 4.79 Å². The number of nitrogens with zero attached hydrogens (tertiary/aromatic N) is 5. The number of unbranched alkanes of at least 4 members (excludes halogenated alkanes) is 1. The molecule has 8 heteroatoms. The van der Waals surface area contributed by atoms with E-state index in [2.05, 4.69) is 39.0 Å². The van der Waals surface area contributed by atoms with Crippen LogP contribution in [0.5, 0.6) is 0 Å². The van der Waals surface area contributed by atoms with Crippen molar-refractivity contribution in [3.8, 4) is 0 Å². The van der Waals surface area contributed by atoms with E-state index in [1.165, 1.54) is 0 Å². The molecule has 25 heavy (non-hydrogen) atoms. The molecule has 1 amide bonds. The van der Waals surface area contributed by atoms with Crippen LogP contribution in [0.15, 0.2) is 0 Å². The van der Waals surface area contributed by atoms with Crippen LogP contribution in [0.2, 0.25) is 0 Å². The maximum absolute atomic E-state index is 12.2. The van der Waals surface area contributed by atoms with Crippen molar-refractivity contribution >= 4 is 17.8 Å². The summed E-state index contributed by atoms with van der Waals surface area (Å²) in [5, 5.41) is 3.04. The highest BCUT2D eigenvalue weighted by Crippen LogP contribution is 2.26. The summed E-state index contributed by atoms with van der Waals surface area (Å²) < 4.78 is 0. The lowest BCUT2D eigenvalue weighted by molar-refractivity contribution is -0.126. The molecule has 1 aromatic rings. The molecule has 0 aliphatic carbocycles. The maximum Gasteiger partial charge on any atom is 0.229 e. The van der Waals surface area contributed by atoms with Crippen molar-refractivity contribution in [3.05, 3.63) is 5.82 Å². The number of likely N-dealkylation sites (tertiary alicyclic amines) is 1. The lowest BCUT2D eigenvalue weighted by atomic mass is 9.95. The third-order valence-corrected chi connectivity index (χ3v) is 4.71. The van der Waals surface area contributed by atoms with Gasteiger partial charge in [-0.25, -0.2) is 0 Å². The van der Waals surface area contributed by atoms with E-state index >= 15 is 0 Å². The van der Waals surface area contributed by atoms with Crippen LogP contribution in [0.1, 0.15) is 51.4 Å². The Bertz CT molecular complexity index is 570. The summed E-state index contributed by atoms with van der Waals surface area (Å²) in [6.45, 7) is 6.70. The van der Waals surface area contributed by atoms with Gasteiger partial charge in [0.1, 0.15) is 0 Å². The van der Waals surface area contributed by atoms with Crippen molar-refractivity contribution in [1.82, 2.24) is 25.2 Å². The Hall–Kier alpha value is -1.96. The van der Waals surface area contributed by atoms with Gasteiger partial charge in [0, 0.05) is 26.6 Å². The standard InChI is InChI=1S/C17H31N7O/c1-5-6-9-19-15(25)13-7-10-24(11-8-13)12(2)14-20-16(18)22-17(21-14)23(3)4/h12-13H,5-11H2,1-4H3,(H,19,25)(H2,18,20,21,22)/t12-/m1/s1. The molecule has 0 bridgehead atoms. The average Bonchev–Trinajstić information content (AvgIpc) is 2.60. The summed E-state index contributed by atoms with van der Waals surface area (Å²) in [5.41, 5.74) is 5.82. The number of hydrogen-bond donors (Lipinski definition) is 2. The van der Waals surface area contributed by atoms with E-state index < -0.39 is 0 Å². The molecular formula is C17H31N7O. The molecule has 0 saturated carbocycles. The molecule has 0 aromatic carbocycles. The summed E-state index contributed by atoms with van der Waals surface area (Å²) in [7, 11) is 3.76. The number of aromatic nitrogens is 3. The van der Waals surface area contributed by atoms with Crippen molar-refractivity contribution in [3.63, 3.8) is 0 Å². The molecule has 140 valence electrons. The highest BCUT2D eigenvalue weighted by molar-refractivity contribution is 5.78. The first kappa shape index (κ1) is 19.4. The number of anilines is 2. The van der Waals surface area contributed by atoms with Gasteiger partial charge in [0.05, 0.1) is 6.04 Å². The van der Waals surface area contributed by atoms with Crippen molar-refractivity contribution in [2.75, 3.05) is 44.4 Å². The second-order valence-corrected chi connectivity index (χ2v) is 6.88. The average molecular weight is 349 g/mol. The maximum atomic E-state index is 12.2. The van der Waals surface area contributed by atoms with Gasteiger partial charge in [0.15, 0.2) is 5.82 Å². The van der Waals surface area contributed by atoms with E-state index in [1.54, 1.807) is 0 Å². The highest BCUT2D eigenvalue weighted by Gasteiger charge is 2.29. The fourth-order valence-corrected chi connectivity index (χ4v) is 3.03. The van der Waals surface area contributed by atoms with E-state index in [0.29, 0.717) is 11.8 Å². The van der Waals surface area contributed by atoms with Crippen LogP contribution < -0.4 is 16.0 Å². The number of hydrogen-bond acceptors (Lipinski definition) is 7. The zero-order chi connectivity index (χ0) is 18.4. The van der Waals surface area contributed by atoms with Crippen LogP contribution in [-0.4, -0.2) is 59.5 Å². The minimum atomic E-state index is 0.0492.